The summed E-state index contributed by atoms with van der Waals surface area (Å²) >= 11 is 10.4. The van der Waals surface area contributed by atoms with Gasteiger partial charge in [0.2, 0.25) is 0 Å². The molecule has 118 valence electrons. The number of piperidine rings is 1. The third-order valence-electron chi connectivity index (χ3n) is 4.38. The van der Waals surface area contributed by atoms with E-state index >= 15 is 0 Å². The van der Waals surface area contributed by atoms with Crippen molar-refractivity contribution >= 4 is 48.9 Å². The molecule has 2 fully saturated rings. The summed E-state index contributed by atoms with van der Waals surface area (Å²) in [5.74, 6) is 0.609. The molecule has 8 heteroatoms. The molecular formula is C13H18BrClN2O2S2. The summed E-state index contributed by atoms with van der Waals surface area (Å²) in [6.45, 7) is 2.32. The van der Waals surface area contributed by atoms with Gasteiger partial charge < -0.3 is 5.32 Å². The Hall–Kier alpha value is 0.340. The normalized spacial score (nSPS) is 25.5. The van der Waals surface area contributed by atoms with Gasteiger partial charge in [0, 0.05) is 19.1 Å². The molecule has 21 heavy (non-hydrogen) atoms. The lowest BCUT2D eigenvalue weighted by Crippen LogP contribution is -2.43. The SMILES string of the molecule is O=S(=O)(c1cc(Cl)c(Br)s1)N1CCC(C2CCCN2)CC1. The molecule has 1 aromatic rings. The van der Waals surface area contributed by atoms with E-state index < -0.39 is 10.0 Å². The maximum Gasteiger partial charge on any atom is 0.252 e. The van der Waals surface area contributed by atoms with Crippen LogP contribution in [0.5, 0.6) is 0 Å². The highest BCUT2D eigenvalue weighted by Crippen LogP contribution is 2.37. The van der Waals surface area contributed by atoms with Crippen LogP contribution in [0.4, 0.5) is 0 Å². The van der Waals surface area contributed by atoms with Crippen LogP contribution in [0.1, 0.15) is 25.7 Å². The van der Waals surface area contributed by atoms with Gasteiger partial charge in [-0.05, 0) is 60.1 Å². The van der Waals surface area contributed by atoms with Crippen molar-refractivity contribution in [3.63, 3.8) is 0 Å². The highest BCUT2D eigenvalue weighted by atomic mass is 79.9. The van der Waals surface area contributed by atoms with Crippen molar-refractivity contribution < 1.29 is 8.42 Å². The second kappa shape index (κ2) is 6.45. The van der Waals surface area contributed by atoms with Crippen molar-refractivity contribution in [3.8, 4) is 0 Å². The summed E-state index contributed by atoms with van der Waals surface area (Å²) in [6, 6.07) is 2.12. The molecule has 0 aliphatic carbocycles. The highest BCUT2D eigenvalue weighted by Gasteiger charge is 2.34. The summed E-state index contributed by atoms with van der Waals surface area (Å²) in [6.07, 6.45) is 4.35. The maximum atomic E-state index is 12.6. The number of nitrogens with zero attached hydrogens (tertiary/aromatic N) is 1. The van der Waals surface area contributed by atoms with Gasteiger partial charge in [-0.1, -0.05) is 11.6 Å². The molecule has 2 aliphatic rings. The molecule has 0 bridgehead atoms. The third-order valence-corrected chi connectivity index (χ3v) is 9.21. The molecule has 0 spiro atoms. The van der Waals surface area contributed by atoms with Crippen LogP contribution in [0, 0.1) is 5.92 Å². The first-order valence-corrected chi connectivity index (χ1v) is 10.6. The van der Waals surface area contributed by atoms with Gasteiger partial charge in [0.25, 0.3) is 10.0 Å². The van der Waals surface area contributed by atoms with Crippen molar-refractivity contribution in [2.45, 2.75) is 35.9 Å². The second-order valence-corrected chi connectivity index (χ2v) is 10.6. The Balaban J connectivity index is 1.68. The van der Waals surface area contributed by atoms with Crippen LogP contribution in [0.15, 0.2) is 14.1 Å². The molecule has 0 amide bonds. The predicted octanol–water partition coefficient (Wildman–Crippen LogP) is 3.32. The monoisotopic (exact) mass is 412 g/mol. The first kappa shape index (κ1) is 16.2. The minimum Gasteiger partial charge on any atom is -0.314 e. The maximum absolute atomic E-state index is 12.6. The van der Waals surface area contributed by atoms with Crippen molar-refractivity contribution in [3.05, 3.63) is 14.9 Å². The van der Waals surface area contributed by atoms with Crippen LogP contribution in [-0.4, -0.2) is 38.4 Å². The van der Waals surface area contributed by atoms with E-state index in [1.54, 1.807) is 4.31 Å². The lowest BCUT2D eigenvalue weighted by atomic mass is 9.89. The largest absolute Gasteiger partial charge is 0.314 e. The quantitative estimate of drug-likeness (QED) is 0.827. The Kier molecular flexibility index (Phi) is 4.98. The van der Waals surface area contributed by atoms with Gasteiger partial charge in [-0.25, -0.2) is 8.42 Å². The molecule has 3 rings (SSSR count). The molecule has 0 aromatic carbocycles. The van der Waals surface area contributed by atoms with Gasteiger partial charge >= 0.3 is 0 Å². The average Bonchev–Trinajstić information content (AvgIpc) is 3.10. The van der Waals surface area contributed by atoms with Crippen LogP contribution >= 0.6 is 38.9 Å². The summed E-state index contributed by atoms with van der Waals surface area (Å²) in [4.78, 5) is 0. The predicted molar refractivity (Wildman–Crippen MR) is 89.5 cm³/mol. The standard InChI is InChI=1S/C13H18BrClN2O2S2/c14-13-10(15)8-12(20-13)21(18,19)17-6-3-9(4-7-17)11-2-1-5-16-11/h8-9,11,16H,1-7H2. The van der Waals surface area contributed by atoms with Crippen molar-refractivity contribution in [2.24, 2.45) is 5.92 Å². The number of nitrogens with one attached hydrogen (secondary N) is 1. The van der Waals surface area contributed by atoms with Gasteiger partial charge in [0.05, 0.1) is 8.81 Å². The Morgan fingerprint density at radius 2 is 2.05 bits per heavy atom. The van der Waals surface area contributed by atoms with Crippen LogP contribution in [-0.2, 0) is 10.0 Å². The van der Waals surface area contributed by atoms with E-state index in [0.717, 1.165) is 19.4 Å². The number of rotatable bonds is 3. The van der Waals surface area contributed by atoms with Crippen LogP contribution < -0.4 is 5.32 Å². The van der Waals surface area contributed by atoms with Crippen LogP contribution in [0.2, 0.25) is 5.02 Å². The van der Waals surface area contributed by atoms with E-state index in [0.29, 0.717) is 38.1 Å². The Bertz CT molecular complexity index is 586. The van der Waals surface area contributed by atoms with Gasteiger partial charge in [0.1, 0.15) is 4.21 Å². The smallest absolute Gasteiger partial charge is 0.252 e. The average molecular weight is 414 g/mol. The van der Waals surface area contributed by atoms with E-state index in [9.17, 15) is 8.42 Å². The van der Waals surface area contributed by atoms with Crippen molar-refractivity contribution in [1.82, 2.24) is 9.62 Å². The summed E-state index contributed by atoms with van der Waals surface area (Å²) < 4.78 is 27.9. The zero-order chi connectivity index (χ0) is 15.0. The van der Waals surface area contributed by atoms with Gasteiger partial charge in [-0.15, -0.1) is 11.3 Å². The fraction of sp³-hybridized carbons (Fsp3) is 0.692. The van der Waals surface area contributed by atoms with Crippen molar-refractivity contribution in [2.75, 3.05) is 19.6 Å². The molecule has 1 atom stereocenters. The molecule has 0 radical (unpaired) electrons. The molecule has 1 aromatic heterocycles. The molecule has 2 saturated heterocycles. The Morgan fingerprint density at radius 1 is 1.33 bits per heavy atom. The molecule has 3 heterocycles. The van der Waals surface area contributed by atoms with E-state index in [4.69, 9.17) is 11.6 Å². The number of hydrogen-bond donors (Lipinski definition) is 1. The van der Waals surface area contributed by atoms with Crippen LogP contribution in [0.25, 0.3) is 0 Å². The molecule has 0 saturated carbocycles. The van der Waals surface area contributed by atoms with E-state index in [-0.39, 0.29) is 0 Å². The zero-order valence-corrected chi connectivity index (χ0v) is 15.5. The minimum absolute atomic E-state index is 0.330. The fourth-order valence-corrected chi connectivity index (χ4v) is 7.24. The molecule has 1 N–H and O–H groups in total. The van der Waals surface area contributed by atoms with Gasteiger partial charge in [-0.3, -0.25) is 0 Å². The number of halogens is 2. The lowest BCUT2D eigenvalue weighted by Gasteiger charge is -2.33. The molecule has 1 unspecified atom stereocenters. The topological polar surface area (TPSA) is 49.4 Å². The number of sulfonamides is 1. The summed E-state index contributed by atoms with van der Waals surface area (Å²) in [7, 11) is -3.39. The van der Waals surface area contributed by atoms with Crippen molar-refractivity contribution in [1.29, 1.82) is 0 Å². The second-order valence-electron chi connectivity index (χ2n) is 5.63. The van der Waals surface area contributed by atoms with Gasteiger partial charge in [0.15, 0.2) is 0 Å². The summed E-state index contributed by atoms with van der Waals surface area (Å²) in [5, 5.41) is 3.99. The van der Waals surface area contributed by atoms with Gasteiger partial charge in [-0.2, -0.15) is 4.31 Å². The third kappa shape index (κ3) is 3.33. The van der Waals surface area contributed by atoms with Crippen LogP contribution in [0.3, 0.4) is 0 Å². The highest BCUT2D eigenvalue weighted by molar-refractivity contribution is 9.11. The fourth-order valence-electron chi connectivity index (χ4n) is 3.21. The molecular weight excluding hydrogens is 396 g/mol. The first-order valence-electron chi connectivity index (χ1n) is 7.17. The Labute approximate surface area is 143 Å². The molecule has 4 nitrogen and oxygen atoms in total. The minimum atomic E-state index is -3.39. The Morgan fingerprint density at radius 3 is 2.57 bits per heavy atom. The summed E-state index contributed by atoms with van der Waals surface area (Å²) in [5.41, 5.74) is 0. The lowest BCUT2D eigenvalue weighted by molar-refractivity contribution is 0.234. The number of hydrogen-bond acceptors (Lipinski definition) is 4. The van der Waals surface area contributed by atoms with E-state index in [1.165, 1.54) is 30.2 Å². The zero-order valence-electron chi connectivity index (χ0n) is 11.5. The van der Waals surface area contributed by atoms with E-state index in [2.05, 4.69) is 21.2 Å². The number of thiophene rings is 1. The first-order chi connectivity index (χ1) is 9.98. The van der Waals surface area contributed by atoms with E-state index in [1.807, 2.05) is 0 Å². The molecule has 2 aliphatic heterocycles.